The number of rotatable bonds is 56. The van der Waals surface area contributed by atoms with Crippen LogP contribution in [0.5, 0.6) is 0 Å². The van der Waals surface area contributed by atoms with E-state index in [4.69, 9.17) is 4.74 Å². The molecule has 2 unspecified atom stereocenters. The van der Waals surface area contributed by atoms with Crippen LogP contribution < -0.4 is 5.32 Å². The van der Waals surface area contributed by atoms with Crippen LogP contribution >= 0.6 is 0 Å². The Balaban J connectivity index is 3.40. The Hall–Kier alpha value is -1.40. The summed E-state index contributed by atoms with van der Waals surface area (Å²) in [6, 6.07) is -0.629. The molecule has 0 spiro atoms. The second-order valence-corrected chi connectivity index (χ2v) is 20.7. The highest BCUT2D eigenvalue weighted by atomic mass is 16.5. The number of esters is 1. The Morgan fingerprint density at radius 2 is 0.697 bits per heavy atom. The van der Waals surface area contributed by atoms with Gasteiger partial charge < -0.3 is 20.3 Å². The van der Waals surface area contributed by atoms with Crippen molar-refractivity contribution in [2.75, 3.05) is 13.2 Å². The molecule has 6 heteroatoms. The normalized spacial score (nSPS) is 12.6. The summed E-state index contributed by atoms with van der Waals surface area (Å²) in [6.07, 6.45) is 66.7. The molecular formula is C60H117NO5. The van der Waals surface area contributed by atoms with Gasteiger partial charge in [0.15, 0.2) is 0 Å². The zero-order chi connectivity index (χ0) is 47.9. The van der Waals surface area contributed by atoms with E-state index >= 15 is 0 Å². The molecule has 0 saturated heterocycles. The van der Waals surface area contributed by atoms with E-state index in [9.17, 15) is 19.8 Å². The molecule has 2 atom stereocenters. The molecule has 6 nitrogen and oxygen atoms in total. The molecule has 0 aromatic rings. The summed E-state index contributed by atoms with van der Waals surface area (Å²) in [5, 5.41) is 23.1. The van der Waals surface area contributed by atoms with Crippen LogP contribution in [0.3, 0.4) is 0 Å². The lowest BCUT2D eigenvalue weighted by Gasteiger charge is -2.20. The number of aliphatic hydroxyl groups excluding tert-OH is 2. The number of allylic oxidation sites excluding steroid dienone is 1. The van der Waals surface area contributed by atoms with Crippen molar-refractivity contribution in [1.29, 1.82) is 0 Å². The standard InChI is InChI=1S/C60H117NO5/c1-3-5-7-9-11-13-15-17-19-22-26-30-34-38-42-46-50-54-60(65)66-55-51-47-43-39-35-31-27-24-21-20-23-25-29-33-37-41-45-49-53-59(64)61-57(56-62)58(63)52-48-44-40-36-32-28-18-16-14-12-10-8-6-4-2/h48,52,57-58,62-63H,3-47,49-51,53-56H2,1-2H3,(H,61,64)/b52-48+. The van der Waals surface area contributed by atoms with Crippen molar-refractivity contribution in [3.05, 3.63) is 12.2 Å². The highest BCUT2D eigenvalue weighted by Crippen LogP contribution is 2.18. The Labute approximate surface area is 412 Å². The zero-order valence-electron chi connectivity index (χ0n) is 44.7. The summed E-state index contributed by atoms with van der Waals surface area (Å²) < 4.78 is 5.49. The number of nitrogens with one attached hydrogen (secondary N) is 1. The first kappa shape index (κ1) is 64.6. The number of carbonyl (C=O) groups excluding carboxylic acids is 2. The monoisotopic (exact) mass is 932 g/mol. The van der Waals surface area contributed by atoms with E-state index in [2.05, 4.69) is 19.2 Å². The highest BCUT2D eigenvalue weighted by molar-refractivity contribution is 5.76. The molecular weight excluding hydrogens is 815 g/mol. The van der Waals surface area contributed by atoms with E-state index in [1.165, 1.54) is 270 Å². The van der Waals surface area contributed by atoms with E-state index < -0.39 is 12.1 Å². The molecule has 0 bridgehead atoms. The lowest BCUT2D eigenvalue weighted by Crippen LogP contribution is -2.45. The SMILES string of the molecule is CCCCCCCCCCCCCC/C=C/C(O)C(CO)NC(=O)CCCCCCCCCCCCCCCCCCCCOC(=O)CCCCCCCCCCCCCCCCCCC. The first-order chi connectivity index (χ1) is 32.5. The second kappa shape index (κ2) is 56.2. The van der Waals surface area contributed by atoms with Crippen molar-refractivity contribution in [2.24, 2.45) is 0 Å². The fourth-order valence-corrected chi connectivity index (χ4v) is 9.46. The maximum Gasteiger partial charge on any atom is 0.305 e. The number of carbonyl (C=O) groups is 2. The summed E-state index contributed by atoms with van der Waals surface area (Å²) in [7, 11) is 0. The van der Waals surface area contributed by atoms with Crippen LogP contribution in [0.2, 0.25) is 0 Å². The molecule has 0 radical (unpaired) electrons. The van der Waals surface area contributed by atoms with Crippen molar-refractivity contribution >= 4 is 11.9 Å². The number of hydrogen-bond donors (Lipinski definition) is 3. The van der Waals surface area contributed by atoms with E-state index in [1.807, 2.05) is 6.08 Å². The number of hydrogen-bond acceptors (Lipinski definition) is 5. The number of aliphatic hydroxyl groups is 2. The summed E-state index contributed by atoms with van der Waals surface area (Å²) >= 11 is 0. The van der Waals surface area contributed by atoms with Gasteiger partial charge in [-0.3, -0.25) is 9.59 Å². The molecule has 0 aliphatic carbocycles. The summed E-state index contributed by atoms with van der Waals surface area (Å²) in [6.45, 7) is 4.92. The number of unbranched alkanes of at least 4 members (excludes halogenated alkanes) is 45. The first-order valence-corrected chi connectivity index (χ1v) is 30.0. The molecule has 0 fully saturated rings. The van der Waals surface area contributed by atoms with E-state index in [0.29, 0.717) is 19.4 Å². The molecule has 0 saturated carbocycles. The van der Waals surface area contributed by atoms with Crippen LogP contribution in [-0.2, 0) is 14.3 Å². The largest absolute Gasteiger partial charge is 0.466 e. The van der Waals surface area contributed by atoms with Gasteiger partial charge in [-0.05, 0) is 32.1 Å². The predicted molar refractivity (Wildman–Crippen MR) is 287 cm³/mol. The summed E-state index contributed by atoms with van der Waals surface area (Å²) in [4.78, 5) is 24.5. The van der Waals surface area contributed by atoms with Crippen molar-refractivity contribution in [1.82, 2.24) is 5.32 Å². The number of amides is 1. The Bertz CT molecular complexity index is 986. The third-order valence-electron chi connectivity index (χ3n) is 14.1. The van der Waals surface area contributed by atoms with Crippen molar-refractivity contribution in [3.8, 4) is 0 Å². The molecule has 0 rings (SSSR count). The minimum atomic E-state index is -0.846. The molecule has 0 aromatic heterocycles. The van der Waals surface area contributed by atoms with Crippen LogP contribution in [0.1, 0.15) is 335 Å². The summed E-state index contributed by atoms with van der Waals surface area (Å²) in [5.41, 5.74) is 0. The Morgan fingerprint density at radius 1 is 0.409 bits per heavy atom. The molecule has 3 N–H and O–H groups in total. The topological polar surface area (TPSA) is 95.9 Å². The fourth-order valence-electron chi connectivity index (χ4n) is 9.46. The van der Waals surface area contributed by atoms with Crippen molar-refractivity contribution < 1.29 is 24.5 Å². The van der Waals surface area contributed by atoms with E-state index in [0.717, 1.165) is 38.5 Å². The van der Waals surface area contributed by atoms with Gasteiger partial charge in [0.2, 0.25) is 5.91 Å². The Morgan fingerprint density at radius 3 is 1.03 bits per heavy atom. The highest BCUT2D eigenvalue weighted by Gasteiger charge is 2.18. The van der Waals surface area contributed by atoms with Gasteiger partial charge in [-0.1, -0.05) is 302 Å². The van der Waals surface area contributed by atoms with E-state index in [1.54, 1.807) is 6.08 Å². The van der Waals surface area contributed by atoms with Gasteiger partial charge in [0.25, 0.3) is 0 Å². The molecule has 66 heavy (non-hydrogen) atoms. The van der Waals surface area contributed by atoms with Crippen LogP contribution in [0.25, 0.3) is 0 Å². The van der Waals surface area contributed by atoms with Gasteiger partial charge in [0, 0.05) is 12.8 Å². The zero-order valence-corrected chi connectivity index (χ0v) is 44.7. The van der Waals surface area contributed by atoms with Gasteiger partial charge >= 0.3 is 5.97 Å². The molecule has 0 aromatic carbocycles. The summed E-state index contributed by atoms with van der Waals surface area (Å²) in [5.74, 6) is -0.0592. The average Bonchev–Trinajstić information content (AvgIpc) is 3.32. The van der Waals surface area contributed by atoms with Crippen LogP contribution in [0, 0.1) is 0 Å². The fraction of sp³-hybridized carbons (Fsp3) is 0.933. The average molecular weight is 933 g/mol. The third-order valence-corrected chi connectivity index (χ3v) is 14.1. The van der Waals surface area contributed by atoms with Gasteiger partial charge in [-0.2, -0.15) is 0 Å². The van der Waals surface area contributed by atoms with Gasteiger partial charge in [-0.15, -0.1) is 0 Å². The quantitative estimate of drug-likeness (QED) is 0.0321. The smallest absolute Gasteiger partial charge is 0.305 e. The maximum absolute atomic E-state index is 12.4. The number of ether oxygens (including phenoxy) is 1. The van der Waals surface area contributed by atoms with E-state index in [-0.39, 0.29) is 18.5 Å². The molecule has 1 amide bonds. The minimum absolute atomic E-state index is 0.0110. The van der Waals surface area contributed by atoms with Gasteiger partial charge in [0.1, 0.15) is 0 Å². The van der Waals surface area contributed by atoms with Gasteiger partial charge in [-0.25, -0.2) is 0 Å². The lowest BCUT2D eigenvalue weighted by atomic mass is 10.0. The third kappa shape index (κ3) is 52.0. The second-order valence-electron chi connectivity index (χ2n) is 20.7. The van der Waals surface area contributed by atoms with Crippen LogP contribution in [-0.4, -0.2) is 47.4 Å². The minimum Gasteiger partial charge on any atom is -0.466 e. The lowest BCUT2D eigenvalue weighted by molar-refractivity contribution is -0.143. The molecule has 0 heterocycles. The van der Waals surface area contributed by atoms with Gasteiger partial charge in [0.05, 0.1) is 25.4 Å². The molecule has 0 aliphatic rings. The molecule has 392 valence electrons. The van der Waals surface area contributed by atoms with Crippen molar-refractivity contribution in [2.45, 2.75) is 347 Å². The first-order valence-electron chi connectivity index (χ1n) is 30.0. The van der Waals surface area contributed by atoms with Crippen molar-refractivity contribution in [3.63, 3.8) is 0 Å². The Kier molecular flexibility index (Phi) is 55.0. The molecule has 0 aliphatic heterocycles. The van der Waals surface area contributed by atoms with Crippen LogP contribution in [0.4, 0.5) is 0 Å². The predicted octanol–water partition coefficient (Wildman–Crippen LogP) is 18.5. The maximum atomic E-state index is 12.4. The van der Waals surface area contributed by atoms with Crippen LogP contribution in [0.15, 0.2) is 12.2 Å².